The number of aliphatic hydroxyl groups excluding tert-OH is 1. The Balaban J connectivity index is 2.89. The van der Waals surface area contributed by atoms with Gasteiger partial charge in [-0.3, -0.25) is 0 Å². The standard InChI is InChI=1S/C12H18ClNO3/c1-3-9(15)7-17-12-10(13)4-8(6-14)5-11(12)16-2/h4-5,9,15H,3,6-7,14H2,1-2H3. The van der Waals surface area contributed by atoms with Crippen molar-refractivity contribution in [3.63, 3.8) is 0 Å². The second-order valence-corrected chi connectivity index (χ2v) is 4.09. The third-order valence-electron chi connectivity index (χ3n) is 2.42. The molecule has 5 heteroatoms. The molecule has 0 spiro atoms. The second kappa shape index (κ2) is 6.69. The number of rotatable bonds is 6. The number of methoxy groups -OCH3 is 1. The first-order chi connectivity index (χ1) is 8.12. The van der Waals surface area contributed by atoms with Gasteiger partial charge < -0.3 is 20.3 Å². The molecule has 0 fully saturated rings. The summed E-state index contributed by atoms with van der Waals surface area (Å²) in [7, 11) is 1.54. The molecule has 0 bridgehead atoms. The molecule has 1 aromatic carbocycles. The minimum absolute atomic E-state index is 0.189. The molecule has 0 aliphatic heterocycles. The van der Waals surface area contributed by atoms with Gasteiger partial charge in [-0.15, -0.1) is 0 Å². The quantitative estimate of drug-likeness (QED) is 0.820. The Morgan fingerprint density at radius 1 is 1.47 bits per heavy atom. The van der Waals surface area contributed by atoms with Crippen LogP contribution in [0.4, 0.5) is 0 Å². The molecule has 3 N–H and O–H groups in total. The number of aliphatic hydroxyl groups is 1. The Bertz CT molecular complexity index is 371. The molecule has 0 saturated carbocycles. The van der Waals surface area contributed by atoms with Gasteiger partial charge in [0, 0.05) is 6.54 Å². The Kier molecular flexibility index (Phi) is 5.55. The van der Waals surface area contributed by atoms with Crippen LogP contribution in [0.3, 0.4) is 0 Å². The summed E-state index contributed by atoms with van der Waals surface area (Å²) in [5.41, 5.74) is 6.41. The zero-order valence-electron chi connectivity index (χ0n) is 10.1. The SMILES string of the molecule is CCC(O)COc1c(Cl)cc(CN)cc1OC. The fourth-order valence-electron chi connectivity index (χ4n) is 1.33. The van der Waals surface area contributed by atoms with Gasteiger partial charge in [-0.05, 0) is 24.1 Å². The first kappa shape index (κ1) is 14.1. The molecule has 0 aromatic heterocycles. The molecule has 1 rings (SSSR count). The Morgan fingerprint density at radius 3 is 2.71 bits per heavy atom. The van der Waals surface area contributed by atoms with E-state index in [-0.39, 0.29) is 6.61 Å². The molecular formula is C12H18ClNO3. The van der Waals surface area contributed by atoms with Crippen molar-refractivity contribution in [2.75, 3.05) is 13.7 Å². The van der Waals surface area contributed by atoms with Crippen molar-refractivity contribution in [3.8, 4) is 11.5 Å². The summed E-state index contributed by atoms with van der Waals surface area (Å²) >= 11 is 6.08. The molecule has 0 aliphatic carbocycles. The smallest absolute Gasteiger partial charge is 0.179 e. The van der Waals surface area contributed by atoms with Gasteiger partial charge in [-0.1, -0.05) is 18.5 Å². The van der Waals surface area contributed by atoms with E-state index in [1.54, 1.807) is 12.1 Å². The summed E-state index contributed by atoms with van der Waals surface area (Å²) in [4.78, 5) is 0. The van der Waals surface area contributed by atoms with E-state index >= 15 is 0 Å². The van der Waals surface area contributed by atoms with Crippen LogP contribution >= 0.6 is 11.6 Å². The van der Waals surface area contributed by atoms with Crippen LogP contribution < -0.4 is 15.2 Å². The van der Waals surface area contributed by atoms with E-state index in [0.29, 0.717) is 29.5 Å². The van der Waals surface area contributed by atoms with Gasteiger partial charge in [0.25, 0.3) is 0 Å². The van der Waals surface area contributed by atoms with Gasteiger partial charge in [0.05, 0.1) is 18.2 Å². The Labute approximate surface area is 106 Å². The Hall–Kier alpha value is -0.970. The normalized spacial score (nSPS) is 12.3. The molecule has 1 atom stereocenters. The van der Waals surface area contributed by atoms with E-state index in [0.717, 1.165) is 5.56 Å². The van der Waals surface area contributed by atoms with Crippen molar-refractivity contribution in [3.05, 3.63) is 22.7 Å². The summed E-state index contributed by atoms with van der Waals surface area (Å²) in [6, 6.07) is 3.51. The number of halogens is 1. The van der Waals surface area contributed by atoms with Crippen LogP contribution in [-0.2, 0) is 6.54 Å². The van der Waals surface area contributed by atoms with E-state index < -0.39 is 6.10 Å². The van der Waals surface area contributed by atoms with Crippen LogP contribution in [0.25, 0.3) is 0 Å². The van der Waals surface area contributed by atoms with Crippen molar-refractivity contribution in [2.24, 2.45) is 5.73 Å². The van der Waals surface area contributed by atoms with Gasteiger partial charge >= 0.3 is 0 Å². The zero-order chi connectivity index (χ0) is 12.8. The van der Waals surface area contributed by atoms with Crippen LogP contribution in [0.15, 0.2) is 12.1 Å². The highest BCUT2D eigenvalue weighted by atomic mass is 35.5. The molecular weight excluding hydrogens is 242 g/mol. The highest BCUT2D eigenvalue weighted by Crippen LogP contribution is 2.36. The highest BCUT2D eigenvalue weighted by Gasteiger charge is 2.13. The van der Waals surface area contributed by atoms with Gasteiger partial charge in [-0.25, -0.2) is 0 Å². The van der Waals surface area contributed by atoms with Gasteiger partial charge in [0.2, 0.25) is 0 Å². The minimum atomic E-state index is -0.509. The first-order valence-corrected chi connectivity index (χ1v) is 5.87. The van der Waals surface area contributed by atoms with Crippen LogP contribution in [-0.4, -0.2) is 24.9 Å². The largest absolute Gasteiger partial charge is 0.493 e. The molecule has 0 amide bonds. The third kappa shape index (κ3) is 3.77. The highest BCUT2D eigenvalue weighted by molar-refractivity contribution is 6.32. The van der Waals surface area contributed by atoms with Crippen LogP contribution in [0, 0.1) is 0 Å². The maximum absolute atomic E-state index is 9.45. The number of hydrogen-bond donors (Lipinski definition) is 2. The first-order valence-electron chi connectivity index (χ1n) is 5.49. The van der Waals surface area contributed by atoms with Crippen LogP contribution in [0.2, 0.25) is 5.02 Å². The molecule has 4 nitrogen and oxygen atoms in total. The minimum Gasteiger partial charge on any atom is -0.493 e. The lowest BCUT2D eigenvalue weighted by Crippen LogP contribution is -2.16. The number of nitrogens with two attached hydrogens (primary N) is 1. The number of hydrogen-bond acceptors (Lipinski definition) is 4. The fourth-order valence-corrected chi connectivity index (χ4v) is 1.62. The maximum atomic E-state index is 9.45. The molecule has 0 aliphatic rings. The molecule has 0 radical (unpaired) electrons. The van der Waals surface area contributed by atoms with Crippen LogP contribution in [0.1, 0.15) is 18.9 Å². The predicted molar refractivity (Wildman–Crippen MR) is 67.7 cm³/mol. The van der Waals surface area contributed by atoms with E-state index in [1.165, 1.54) is 7.11 Å². The predicted octanol–water partition coefficient (Wildman–Crippen LogP) is 1.96. The van der Waals surface area contributed by atoms with Gasteiger partial charge in [0.1, 0.15) is 6.61 Å². The number of ether oxygens (including phenoxy) is 2. The lowest BCUT2D eigenvalue weighted by Gasteiger charge is -2.15. The monoisotopic (exact) mass is 259 g/mol. The Morgan fingerprint density at radius 2 is 2.18 bits per heavy atom. The average molecular weight is 260 g/mol. The van der Waals surface area contributed by atoms with Crippen molar-refractivity contribution < 1.29 is 14.6 Å². The summed E-state index contributed by atoms with van der Waals surface area (Å²) < 4.78 is 10.7. The average Bonchev–Trinajstić information content (AvgIpc) is 2.35. The topological polar surface area (TPSA) is 64.7 Å². The lowest BCUT2D eigenvalue weighted by atomic mass is 10.2. The fraction of sp³-hybridized carbons (Fsp3) is 0.500. The summed E-state index contributed by atoms with van der Waals surface area (Å²) in [5.74, 6) is 0.972. The van der Waals surface area contributed by atoms with E-state index in [1.807, 2.05) is 6.92 Å². The molecule has 0 heterocycles. The van der Waals surface area contributed by atoms with E-state index in [4.69, 9.17) is 26.8 Å². The molecule has 1 unspecified atom stereocenters. The lowest BCUT2D eigenvalue weighted by molar-refractivity contribution is 0.103. The molecule has 0 saturated heterocycles. The zero-order valence-corrected chi connectivity index (χ0v) is 10.8. The third-order valence-corrected chi connectivity index (χ3v) is 2.70. The summed E-state index contributed by atoms with van der Waals surface area (Å²) in [6.07, 6.45) is 0.117. The molecule has 17 heavy (non-hydrogen) atoms. The molecule has 1 aromatic rings. The van der Waals surface area contributed by atoms with E-state index in [2.05, 4.69) is 0 Å². The van der Waals surface area contributed by atoms with Crippen molar-refractivity contribution in [1.82, 2.24) is 0 Å². The van der Waals surface area contributed by atoms with Crippen molar-refractivity contribution in [1.29, 1.82) is 0 Å². The van der Waals surface area contributed by atoms with Gasteiger partial charge in [-0.2, -0.15) is 0 Å². The summed E-state index contributed by atoms with van der Waals surface area (Å²) in [6.45, 7) is 2.45. The summed E-state index contributed by atoms with van der Waals surface area (Å²) in [5, 5.41) is 9.88. The van der Waals surface area contributed by atoms with E-state index in [9.17, 15) is 5.11 Å². The molecule has 96 valence electrons. The maximum Gasteiger partial charge on any atom is 0.179 e. The number of benzene rings is 1. The second-order valence-electron chi connectivity index (χ2n) is 3.69. The van der Waals surface area contributed by atoms with Gasteiger partial charge in [0.15, 0.2) is 11.5 Å². The van der Waals surface area contributed by atoms with Crippen molar-refractivity contribution in [2.45, 2.75) is 26.0 Å². The van der Waals surface area contributed by atoms with Crippen LogP contribution in [0.5, 0.6) is 11.5 Å². The van der Waals surface area contributed by atoms with Crippen molar-refractivity contribution >= 4 is 11.6 Å².